The van der Waals surface area contributed by atoms with Crippen molar-refractivity contribution in [3.8, 4) is 0 Å². The number of nitrogens with zero attached hydrogens (tertiary/aromatic N) is 2. The molecule has 0 aromatic carbocycles. The molecule has 0 saturated carbocycles. The van der Waals surface area contributed by atoms with Crippen molar-refractivity contribution in [2.45, 2.75) is 45.4 Å². The molecule has 0 saturated heterocycles. The monoisotopic (exact) mass is 326 g/mol. The van der Waals surface area contributed by atoms with Crippen LogP contribution in [0.4, 0.5) is 0 Å². The van der Waals surface area contributed by atoms with Crippen LogP contribution in [0.3, 0.4) is 0 Å². The topological polar surface area (TPSA) is 25.8 Å². The molecule has 1 unspecified atom stereocenters. The molecule has 2 heterocycles. The molecule has 0 aliphatic rings. The van der Waals surface area contributed by atoms with Crippen molar-refractivity contribution in [3.63, 3.8) is 0 Å². The van der Waals surface area contributed by atoms with E-state index in [1.54, 1.807) is 17.7 Å². The van der Waals surface area contributed by atoms with E-state index in [0.717, 1.165) is 11.3 Å². The molecule has 0 radical (unpaired) electrons. The number of halogens is 1. The van der Waals surface area contributed by atoms with Gasteiger partial charge in [0.05, 0.1) is 5.69 Å². The van der Waals surface area contributed by atoms with Gasteiger partial charge in [0.1, 0.15) is 11.2 Å². The third-order valence-electron chi connectivity index (χ3n) is 3.19. The first-order valence-electron chi connectivity index (χ1n) is 6.32. The zero-order chi connectivity index (χ0) is 13.3. The van der Waals surface area contributed by atoms with Gasteiger partial charge in [0.25, 0.3) is 0 Å². The summed E-state index contributed by atoms with van der Waals surface area (Å²) in [5.74, 6) is 0.706. The van der Waals surface area contributed by atoms with E-state index >= 15 is 0 Å². The van der Waals surface area contributed by atoms with Gasteiger partial charge in [-0.2, -0.15) is 0 Å². The van der Waals surface area contributed by atoms with Gasteiger partial charge >= 0.3 is 0 Å². The number of aromatic nitrogens is 2. The number of alkyl halides is 1. The SMILES string of the molecule is Cc1sc2ncnc(CC(Br)CC(C)C)c2c1C. The predicted octanol–water partition coefficient (Wildman–Crippen LogP) is 4.66. The maximum Gasteiger partial charge on any atom is 0.127 e. The van der Waals surface area contributed by atoms with E-state index in [0.29, 0.717) is 10.7 Å². The molecule has 0 N–H and O–H groups in total. The largest absolute Gasteiger partial charge is 0.241 e. The first-order chi connectivity index (χ1) is 8.49. The summed E-state index contributed by atoms with van der Waals surface area (Å²) >= 11 is 5.54. The molecule has 2 aromatic rings. The lowest BCUT2D eigenvalue weighted by Crippen LogP contribution is -2.08. The second kappa shape index (κ2) is 5.66. The fourth-order valence-electron chi connectivity index (χ4n) is 2.21. The minimum absolute atomic E-state index is 0.496. The van der Waals surface area contributed by atoms with E-state index < -0.39 is 0 Å². The molecule has 0 amide bonds. The number of fused-ring (bicyclic) bond motifs is 1. The van der Waals surface area contributed by atoms with Gasteiger partial charge in [-0.25, -0.2) is 9.97 Å². The summed E-state index contributed by atoms with van der Waals surface area (Å²) in [6, 6.07) is 0. The lowest BCUT2D eigenvalue weighted by Gasteiger charge is -2.12. The number of aryl methyl sites for hydroxylation is 2. The molecule has 2 aromatic heterocycles. The zero-order valence-corrected chi connectivity index (χ0v) is 13.7. The Morgan fingerprint density at radius 1 is 1.28 bits per heavy atom. The van der Waals surface area contributed by atoms with E-state index in [2.05, 4.69) is 53.6 Å². The minimum Gasteiger partial charge on any atom is -0.241 e. The average molecular weight is 327 g/mol. The van der Waals surface area contributed by atoms with Crippen LogP contribution in [0.5, 0.6) is 0 Å². The van der Waals surface area contributed by atoms with Crippen LogP contribution in [-0.2, 0) is 6.42 Å². The van der Waals surface area contributed by atoms with Crippen molar-refractivity contribution in [2.75, 3.05) is 0 Å². The summed E-state index contributed by atoms with van der Waals surface area (Å²) in [5.41, 5.74) is 2.53. The summed E-state index contributed by atoms with van der Waals surface area (Å²) in [4.78, 5) is 11.8. The molecule has 98 valence electrons. The molecule has 4 heteroatoms. The Morgan fingerprint density at radius 3 is 2.67 bits per heavy atom. The van der Waals surface area contributed by atoms with Gasteiger partial charge in [0, 0.05) is 21.5 Å². The fraction of sp³-hybridized carbons (Fsp3) is 0.571. The number of hydrogen-bond acceptors (Lipinski definition) is 3. The van der Waals surface area contributed by atoms with Gasteiger partial charge in [-0.05, 0) is 31.7 Å². The Labute approximate surface area is 121 Å². The molecular weight excluding hydrogens is 308 g/mol. The van der Waals surface area contributed by atoms with Gasteiger partial charge in [0.15, 0.2) is 0 Å². The lowest BCUT2D eigenvalue weighted by atomic mass is 10.0. The maximum absolute atomic E-state index is 4.49. The molecule has 0 fully saturated rings. The Bertz CT molecular complexity index is 548. The van der Waals surface area contributed by atoms with Gasteiger partial charge in [-0.15, -0.1) is 11.3 Å². The Hall–Kier alpha value is -0.480. The van der Waals surface area contributed by atoms with Crippen LogP contribution in [0.15, 0.2) is 6.33 Å². The standard InChI is InChI=1S/C14H19BrN2S/c1-8(2)5-11(15)6-12-13-9(3)10(4)18-14(13)17-7-16-12/h7-8,11H,5-6H2,1-4H3. The Kier molecular flexibility index (Phi) is 4.38. The zero-order valence-electron chi connectivity index (χ0n) is 11.3. The lowest BCUT2D eigenvalue weighted by molar-refractivity contribution is 0.569. The molecule has 2 rings (SSSR count). The summed E-state index contributed by atoms with van der Waals surface area (Å²) in [7, 11) is 0. The first-order valence-corrected chi connectivity index (χ1v) is 8.06. The van der Waals surface area contributed by atoms with Gasteiger partial charge < -0.3 is 0 Å². The fourth-order valence-corrected chi connectivity index (χ4v) is 4.29. The van der Waals surface area contributed by atoms with E-state index in [4.69, 9.17) is 0 Å². The second-order valence-corrected chi connectivity index (χ2v) is 7.71. The Morgan fingerprint density at radius 2 is 2.00 bits per heavy atom. The van der Waals surface area contributed by atoms with E-state index in [-0.39, 0.29) is 0 Å². The quantitative estimate of drug-likeness (QED) is 0.763. The first kappa shape index (κ1) is 13.9. The third kappa shape index (κ3) is 2.91. The van der Waals surface area contributed by atoms with Crippen molar-refractivity contribution in [1.82, 2.24) is 9.97 Å². The molecule has 0 aliphatic carbocycles. The van der Waals surface area contributed by atoms with Crippen LogP contribution < -0.4 is 0 Å². The number of hydrogen-bond donors (Lipinski definition) is 0. The molecule has 18 heavy (non-hydrogen) atoms. The molecule has 1 atom stereocenters. The Balaban J connectivity index is 2.33. The predicted molar refractivity (Wildman–Crippen MR) is 82.8 cm³/mol. The average Bonchev–Trinajstić information content (AvgIpc) is 2.54. The summed E-state index contributed by atoms with van der Waals surface area (Å²) in [6.45, 7) is 8.84. The molecule has 2 nitrogen and oxygen atoms in total. The summed E-state index contributed by atoms with van der Waals surface area (Å²) < 4.78 is 0. The minimum atomic E-state index is 0.496. The normalized spacial score (nSPS) is 13.4. The van der Waals surface area contributed by atoms with Crippen molar-refractivity contribution < 1.29 is 0 Å². The van der Waals surface area contributed by atoms with Crippen LogP contribution in [0.25, 0.3) is 10.2 Å². The van der Waals surface area contributed by atoms with Crippen molar-refractivity contribution in [2.24, 2.45) is 5.92 Å². The highest BCUT2D eigenvalue weighted by Gasteiger charge is 2.15. The highest BCUT2D eigenvalue weighted by Crippen LogP contribution is 2.31. The summed E-state index contributed by atoms with van der Waals surface area (Å²) in [6.07, 6.45) is 3.85. The molecule has 0 spiro atoms. The molecule has 0 bridgehead atoms. The molecular formula is C14H19BrN2S. The summed E-state index contributed by atoms with van der Waals surface area (Å²) in [5, 5.41) is 1.27. The smallest absolute Gasteiger partial charge is 0.127 e. The third-order valence-corrected chi connectivity index (χ3v) is 5.00. The van der Waals surface area contributed by atoms with E-state index in [9.17, 15) is 0 Å². The highest BCUT2D eigenvalue weighted by atomic mass is 79.9. The van der Waals surface area contributed by atoms with Gasteiger partial charge in [0.2, 0.25) is 0 Å². The van der Waals surface area contributed by atoms with Crippen LogP contribution in [-0.4, -0.2) is 14.8 Å². The van der Waals surface area contributed by atoms with Crippen molar-refractivity contribution in [3.05, 3.63) is 22.5 Å². The van der Waals surface area contributed by atoms with Crippen LogP contribution >= 0.6 is 27.3 Å². The maximum atomic E-state index is 4.49. The van der Waals surface area contributed by atoms with E-state index in [1.807, 2.05) is 0 Å². The van der Waals surface area contributed by atoms with Crippen LogP contribution in [0.2, 0.25) is 0 Å². The number of thiophene rings is 1. The van der Waals surface area contributed by atoms with Crippen LogP contribution in [0.1, 0.15) is 36.4 Å². The molecule has 0 aliphatic heterocycles. The van der Waals surface area contributed by atoms with E-state index in [1.165, 1.54) is 27.9 Å². The van der Waals surface area contributed by atoms with Gasteiger partial charge in [-0.3, -0.25) is 0 Å². The second-order valence-electron chi connectivity index (χ2n) is 5.21. The van der Waals surface area contributed by atoms with Crippen LogP contribution in [0, 0.1) is 19.8 Å². The van der Waals surface area contributed by atoms with Crippen molar-refractivity contribution >= 4 is 37.5 Å². The van der Waals surface area contributed by atoms with Crippen molar-refractivity contribution in [1.29, 1.82) is 0 Å². The van der Waals surface area contributed by atoms with Gasteiger partial charge in [-0.1, -0.05) is 29.8 Å². The highest BCUT2D eigenvalue weighted by molar-refractivity contribution is 9.09. The number of rotatable bonds is 4.